The van der Waals surface area contributed by atoms with Gasteiger partial charge in [-0.2, -0.15) is 0 Å². The Morgan fingerprint density at radius 2 is 1.69 bits per heavy atom. The molecule has 0 aliphatic rings. The van der Waals surface area contributed by atoms with Crippen molar-refractivity contribution in [3.8, 4) is 0 Å². The molecule has 2 N–H and O–H groups in total. The maximum absolute atomic E-state index is 9.63. The van der Waals surface area contributed by atoms with Gasteiger partial charge in [0.1, 0.15) is 0 Å². The van der Waals surface area contributed by atoms with Crippen LogP contribution < -0.4 is 5.32 Å². The molecule has 3 heteroatoms. The van der Waals surface area contributed by atoms with E-state index in [9.17, 15) is 5.11 Å². The third kappa shape index (κ3) is 9.13. The fraction of sp³-hybridized carbons (Fsp3) is 1.00. The lowest BCUT2D eigenvalue weighted by Crippen LogP contribution is -2.33. The summed E-state index contributed by atoms with van der Waals surface area (Å²) in [5.74, 6) is 1.26. The summed E-state index contributed by atoms with van der Waals surface area (Å²) < 4.78 is 5.38. The second-order valence-electron chi connectivity index (χ2n) is 4.93. The molecule has 16 heavy (non-hydrogen) atoms. The molecule has 0 aliphatic heterocycles. The average Bonchev–Trinajstić information content (AvgIpc) is 2.24. The number of aliphatic hydroxyl groups is 1. The lowest BCUT2D eigenvalue weighted by Gasteiger charge is -2.16. The fourth-order valence-corrected chi connectivity index (χ4v) is 1.53. The molecule has 0 saturated heterocycles. The van der Waals surface area contributed by atoms with Crippen molar-refractivity contribution in [3.05, 3.63) is 0 Å². The highest BCUT2D eigenvalue weighted by molar-refractivity contribution is 4.63. The second-order valence-corrected chi connectivity index (χ2v) is 4.93. The van der Waals surface area contributed by atoms with Gasteiger partial charge in [0.25, 0.3) is 0 Å². The third-order valence-electron chi connectivity index (χ3n) is 2.73. The van der Waals surface area contributed by atoms with Crippen LogP contribution >= 0.6 is 0 Å². The molecule has 0 aromatic rings. The summed E-state index contributed by atoms with van der Waals surface area (Å²) >= 11 is 0. The van der Waals surface area contributed by atoms with E-state index in [1.807, 2.05) is 0 Å². The smallest absolute Gasteiger partial charge is 0.0897 e. The van der Waals surface area contributed by atoms with Crippen LogP contribution in [0.1, 0.15) is 40.5 Å². The molecule has 0 spiro atoms. The van der Waals surface area contributed by atoms with Crippen LogP contribution in [0.2, 0.25) is 0 Å². The molecule has 0 heterocycles. The lowest BCUT2D eigenvalue weighted by atomic mass is 10.0. The molecule has 0 saturated carbocycles. The first-order chi connectivity index (χ1) is 7.60. The first-order valence-corrected chi connectivity index (χ1v) is 6.56. The van der Waals surface area contributed by atoms with Crippen molar-refractivity contribution in [1.29, 1.82) is 0 Å². The highest BCUT2D eigenvalue weighted by Gasteiger charge is 2.07. The lowest BCUT2D eigenvalue weighted by molar-refractivity contribution is 0.0258. The van der Waals surface area contributed by atoms with Gasteiger partial charge in [-0.3, -0.25) is 0 Å². The van der Waals surface area contributed by atoms with Gasteiger partial charge in [0, 0.05) is 13.2 Å². The molecule has 0 radical (unpaired) electrons. The predicted molar refractivity (Wildman–Crippen MR) is 68.6 cm³/mol. The van der Waals surface area contributed by atoms with Crippen LogP contribution in [-0.2, 0) is 4.74 Å². The van der Waals surface area contributed by atoms with Crippen molar-refractivity contribution in [2.75, 3.05) is 26.3 Å². The van der Waals surface area contributed by atoms with Crippen LogP contribution in [0.5, 0.6) is 0 Å². The van der Waals surface area contributed by atoms with Gasteiger partial charge in [-0.1, -0.05) is 40.5 Å². The van der Waals surface area contributed by atoms with E-state index in [-0.39, 0.29) is 6.10 Å². The number of hydrogen-bond acceptors (Lipinski definition) is 3. The zero-order valence-corrected chi connectivity index (χ0v) is 11.3. The van der Waals surface area contributed by atoms with Gasteiger partial charge in [-0.25, -0.2) is 0 Å². The summed E-state index contributed by atoms with van der Waals surface area (Å²) in [6.07, 6.45) is 2.01. The normalized spacial score (nSPS) is 13.7. The third-order valence-corrected chi connectivity index (χ3v) is 2.73. The van der Waals surface area contributed by atoms with E-state index in [0.717, 1.165) is 19.1 Å². The van der Waals surface area contributed by atoms with E-state index in [4.69, 9.17) is 4.74 Å². The molecule has 0 bridgehead atoms. The summed E-state index contributed by atoms with van der Waals surface area (Å²) in [5, 5.41) is 12.9. The minimum absolute atomic E-state index is 0.381. The Balaban J connectivity index is 3.39. The number of rotatable bonds is 10. The van der Waals surface area contributed by atoms with Crippen molar-refractivity contribution in [1.82, 2.24) is 5.32 Å². The van der Waals surface area contributed by atoms with Crippen LogP contribution in [0.25, 0.3) is 0 Å². The molecule has 0 rings (SSSR count). The Bertz CT molecular complexity index is 147. The molecule has 0 amide bonds. The summed E-state index contributed by atoms with van der Waals surface area (Å²) in [5.41, 5.74) is 0. The molecular weight excluding hydrogens is 202 g/mol. The largest absolute Gasteiger partial charge is 0.389 e. The molecule has 0 aromatic heterocycles. The molecule has 98 valence electrons. The summed E-state index contributed by atoms with van der Waals surface area (Å²) in [6, 6.07) is 0. The molecule has 0 aliphatic carbocycles. The van der Waals surface area contributed by atoms with Gasteiger partial charge >= 0.3 is 0 Å². The predicted octanol–water partition coefficient (Wildman–Crippen LogP) is 2.05. The maximum atomic E-state index is 9.63. The van der Waals surface area contributed by atoms with E-state index < -0.39 is 0 Å². The Morgan fingerprint density at radius 3 is 2.19 bits per heavy atom. The van der Waals surface area contributed by atoms with E-state index in [1.165, 1.54) is 12.8 Å². The second kappa shape index (κ2) is 10.1. The van der Waals surface area contributed by atoms with Gasteiger partial charge in [-0.15, -0.1) is 0 Å². The van der Waals surface area contributed by atoms with Crippen molar-refractivity contribution >= 4 is 0 Å². The quantitative estimate of drug-likeness (QED) is 0.604. The molecule has 0 aromatic carbocycles. The average molecular weight is 231 g/mol. The minimum Gasteiger partial charge on any atom is -0.389 e. The maximum Gasteiger partial charge on any atom is 0.0897 e. The van der Waals surface area contributed by atoms with Gasteiger partial charge in [0.2, 0.25) is 0 Å². The Kier molecular flexibility index (Phi) is 9.99. The molecule has 3 nitrogen and oxygen atoms in total. The van der Waals surface area contributed by atoms with E-state index >= 15 is 0 Å². The van der Waals surface area contributed by atoms with Crippen LogP contribution in [0, 0.1) is 11.8 Å². The summed E-state index contributed by atoms with van der Waals surface area (Å²) in [4.78, 5) is 0. The van der Waals surface area contributed by atoms with Gasteiger partial charge in [0.15, 0.2) is 0 Å². The number of nitrogens with one attached hydrogen (secondary N) is 1. The Hall–Kier alpha value is -0.120. The van der Waals surface area contributed by atoms with Gasteiger partial charge < -0.3 is 15.2 Å². The van der Waals surface area contributed by atoms with Crippen molar-refractivity contribution < 1.29 is 9.84 Å². The fourth-order valence-electron chi connectivity index (χ4n) is 1.53. The SMILES string of the molecule is CCC(CC)CNCC(O)COCC(C)C. The van der Waals surface area contributed by atoms with Gasteiger partial charge in [0.05, 0.1) is 12.7 Å². The van der Waals surface area contributed by atoms with Crippen molar-refractivity contribution in [2.45, 2.75) is 46.6 Å². The van der Waals surface area contributed by atoms with E-state index in [1.54, 1.807) is 0 Å². The number of aliphatic hydroxyl groups excluding tert-OH is 1. The molecule has 1 unspecified atom stereocenters. The standard InChI is InChI=1S/C13H29NO2/c1-5-12(6-2)7-14-8-13(15)10-16-9-11(3)4/h11-15H,5-10H2,1-4H3. The first-order valence-electron chi connectivity index (χ1n) is 6.56. The number of ether oxygens (including phenoxy) is 1. The van der Waals surface area contributed by atoms with Crippen LogP contribution in [0.3, 0.4) is 0 Å². The number of hydrogen-bond donors (Lipinski definition) is 2. The summed E-state index contributed by atoms with van der Waals surface area (Å²) in [6.45, 7) is 11.4. The first kappa shape index (κ1) is 15.9. The zero-order valence-electron chi connectivity index (χ0n) is 11.3. The highest BCUT2D eigenvalue weighted by atomic mass is 16.5. The van der Waals surface area contributed by atoms with E-state index in [2.05, 4.69) is 33.0 Å². The highest BCUT2D eigenvalue weighted by Crippen LogP contribution is 2.04. The molecule has 1 atom stereocenters. The minimum atomic E-state index is -0.381. The zero-order chi connectivity index (χ0) is 12.4. The Morgan fingerprint density at radius 1 is 1.06 bits per heavy atom. The van der Waals surface area contributed by atoms with E-state index in [0.29, 0.717) is 19.1 Å². The van der Waals surface area contributed by atoms with Crippen LogP contribution in [-0.4, -0.2) is 37.5 Å². The van der Waals surface area contributed by atoms with Crippen LogP contribution in [0.4, 0.5) is 0 Å². The summed E-state index contributed by atoms with van der Waals surface area (Å²) in [7, 11) is 0. The Labute approximate surface area is 101 Å². The van der Waals surface area contributed by atoms with Crippen LogP contribution in [0.15, 0.2) is 0 Å². The topological polar surface area (TPSA) is 41.5 Å². The van der Waals surface area contributed by atoms with Crippen molar-refractivity contribution in [3.63, 3.8) is 0 Å². The van der Waals surface area contributed by atoms with Gasteiger partial charge in [-0.05, 0) is 18.4 Å². The van der Waals surface area contributed by atoms with Crippen molar-refractivity contribution in [2.24, 2.45) is 11.8 Å². The molecular formula is C13H29NO2. The monoisotopic (exact) mass is 231 g/mol. The molecule has 0 fully saturated rings.